The molecule has 0 unspecified atom stereocenters. The second kappa shape index (κ2) is 8.13. The number of hydrogen-bond donors (Lipinski definition) is 2. The first-order valence-corrected chi connectivity index (χ1v) is 6.38. The largest absolute Gasteiger partial charge is 0.465 e. The molecule has 0 heterocycles. The maximum Gasteiger partial charge on any atom is 0.306 e. The van der Waals surface area contributed by atoms with Crippen LogP contribution in [-0.4, -0.2) is 25.0 Å². The molecule has 0 radical (unpaired) electrons. The predicted octanol–water partition coefficient (Wildman–Crippen LogP) is 1.27. The Morgan fingerprint density at radius 2 is 2.11 bits per heavy atom. The SMILES string of the molecule is CCNC(=O)CCOC(=O)CCc1cccc(N)c1. The number of nitrogens with one attached hydrogen (secondary N) is 1. The Hall–Kier alpha value is -2.04. The lowest BCUT2D eigenvalue weighted by Gasteiger charge is -2.05. The van der Waals surface area contributed by atoms with Gasteiger partial charge < -0.3 is 15.8 Å². The lowest BCUT2D eigenvalue weighted by Crippen LogP contribution is -2.24. The average Bonchev–Trinajstić information content (AvgIpc) is 2.37. The van der Waals surface area contributed by atoms with Crippen LogP contribution in [0.2, 0.25) is 0 Å². The number of carbonyl (C=O) groups is 2. The number of benzene rings is 1. The Kier molecular flexibility index (Phi) is 6.43. The summed E-state index contributed by atoms with van der Waals surface area (Å²) in [6.07, 6.45) is 1.09. The molecule has 0 aromatic heterocycles. The van der Waals surface area contributed by atoms with Crippen LogP contribution in [-0.2, 0) is 20.7 Å². The van der Waals surface area contributed by atoms with Crippen molar-refractivity contribution in [1.29, 1.82) is 0 Å². The number of nitrogen functional groups attached to an aromatic ring is 1. The minimum absolute atomic E-state index is 0.105. The molecule has 104 valence electrons. The zero-order valence-corrected chi connectivity index (χ0v) is 11.1. The van der Waals surface area contributed by atoms with Crippen LogP contribution in [0.15, 0.2) is 24.3 Å². The lowest BCUT2D eigenvalue weighted by atomic mass is 10.1. The van der Waals surface area contributed by atoms with E-state index in [1.165, 1.54) is 0 Å². The molecule has 0 bridgehead atoms. The number of amides is 1. The Morgan fingerprint density at radius 1 is 1.32 bits per heavy atom. The number of esters is 1. The number of anilines is 1. The maximum absolute atomic E-state index is 11.5. The van der Waals surface area contributed by atoms with Gasteiger partial charge in [0.05, 0.1) is 6.42 Å². The fraction of sp³-hybridized carbons (Fsp3) is 0.429. The highest BCUT2D eigenvalue weighted by Gasteiger charge is 2.06. The van der Waals surface area contributed by atoms with Crippen LogP contribution in [0.25, 0.3) is 0 Å². The normalized spacial score (nSPS) is 9.95. The van der Waals surface area contributed by atoms with Crippen LogP contribution in [0, 0.1) is 0 Å². The first-order valence-electron chi connectivity index (χ1n) is 6.38. The zero-order chi connectivity index (χ0) is 14.1. The molecule has 0 aliphatic heterocycles. The molecule has 5 nitrogen and oxygen atoms in total. The van der Waals surface area contributed by atoms with Gasteiger partial charge in [0.1, 0.15) is 6.61 Å². The molecule has 0 saturated heterocycles. The number of nitrogens with two attached hydrogens (primary N) is 1. The zero-order valence-electron chi connectivity index (χ0n) is 11.1. The number of aryl methyl sites for hydroxylation is 1. The van der Waals surface area contributed by atoms with Crippen LogP contribution in [0.4, 0.5) is 5.69 Å². The molecular weight excluding hydrogens is 244 g/mol. The summed E-state index contributed by atoms with van der Waals surface area (Å²) in [7, 11) is 0. The summed E-state index contributed by atoms with van der Waals surface area (Å²) in [6.45, 7) is 2.55. The summed E-state index contributed by atoms with van der Waals surface area (Å²) >= 11 is 0. The molecule has 0 spiro atoms. The number of hydrogen-bond acceptors (Lipinski definition) is 4. The van der Waals surface area contributed by atoms with Gasteiger partial charge in [-0.2, -0.15) is 0 Å². The van der Waals surface area contributed by atoms with Crippen LogP contribution in [0.3, 0.4) is 0 Å². The van der Waals surface area contributed by atoms with E-state index in [1.807, 2.05) is 25.1 Å². The van der Waals surface area contributed by atoms with Gasteiger partial charge in [-0.25, -0.2) is 0 Å². The molecule has 1 aromatic carbocycles. The van der Waals surface area contributed by atoms with Gasteiger partial charge in [0.2, 0.25) is 5.91 Å². The fourth-order valence-corrected chi connectivity index (χ4v) is 1.61. The van der Waals surface area contributed by atoms with Gasteiger partial charge in [0.25, 0.3) is 0 Å². The Morgan fingerprint density at radius 3 is 2.79 bits per heavy atom. The van der Waals surface area contributed by atoms with Gasteiger partial charge in [-0.1, -0.05) is 12.1 Å². The molecule has 0 saturated carbocycles. The highest BCUT2D eigenvalue weighted by Crippen LogP contribution is 2.09. The van der Waals surface area contributed by atoms with Crippen LogP contribution in [0.5, 0.6) is 0 Å². The standard InChI is InChI=1S/C14H20N2O3/c1-2-16-13(17)8-9-19-14(18)7-6-11-4-3-5-12(15)10-11/h3-5,10H,2,6-9,15H2,1H3,(H,16,17). The smallest absolute Gasteiger partial charge is 0.306 e. The summed E-state index contributed by atoms with van der Waals surface area (Å²) < 4.78 is 4.98. The third-order valence-electron chi connectivity index (χ3n) is 2.53. The summed E-state index contributed by atoms with van der Waals surface area (Å²) in [4.78, 5) is 22.6. The molecule has 0 atom stereocenters. The van der Waals surface area contributed by atoms with E-state index >= 15 is 0 Å². The van der Waals surface area contributed by atoms with Crippen LogP contribution in [0.1, 0.15) is 25.3 Å². The summed E-state index contributed by atoms with van der Waals surface area (Å²) in [6, 6.07) is 7.40. The minimum Gasteiger partial charge on any atom is -0.465 e. The Labute approximate surface area is 113 Å². The molecule has 0 fully saturated rings. The number of ether oxygens (including phenoxy) is 1. The van der Waals surface area contributed by atoms with E-state index in [1.54, 1.807) is 6.07 Å². The van der Waals surface area contributed by atoms with Crippen LogP contribution < -0.4 is 11.1 Å². The van der Waals surface area contributed by atoms with Gasteiger partial charge in [0, 0.05) is 18.7 Å². The van der Waals surface area contributed by atoms with Crippen molar-refractivity contribution in [2.45, 2.75) is 26.2 Å². The molecule has 0 aliphatic rings. The molecule has 0 aliphatic carbocycles. The molecular formula is C14H20N2O3. The van der Waals surface area contributed by atoms with Crippen molar-refractivity contribution < 1.29 is 14.3 Å². The maximum atomic E-state index is 11.5. The second-order valence-corrected chi connectivity index (χ2v) is 4.17. The van der Waals surface area contributed by atoms with Crippen molar-refractivity contribution in [3.63, 3.8) is 0 Å². The quantitative estimate of drug-likeness (QED) is 0.574. The first kappa shape index (κ1) is 15.0. The molecule has 3 N–H and O–H groups in total. The van der Waals surface area contributed by atoms with Crippen molar-refractivity contribution >= 4 is 17.6 Å². The topological polar surface area (TPSA) is 81.4 Å². The monoisotopic (exact) mass is 264 g/mol. The van der Waals surface area contributed by atoms with E-state index in [4.69, 9.17) is 10.5 Å². The van der Waals surface area contributed by atoms with E-state index in [0.29, 0.717) is 25.1 Å². The lowest BCUT2D eigenvalue weighted by molar-refractivity contribution is -0.144. The Bertz CT molecular complexity index is 432. The van der Waals surface area contributed by atoms with E-state index < -0.39 is 0 Å². The van der Waals surface area contributed by atoms with Gasteiger partial charge in [-0.3, -0.25) is 9.59 Å². The van der Waals surface area contributed by atoms with Crippen LogP contribution >= 0.6 is 0 Å². The van der Waals surface area contributed by atoms with Gasteiger partial charge in [-0.15, -0.1) is 0 Å². The molecule has 1 aromatic rings. The number of carbonyl (C=O) groups excluding carboxylic acids is 2. The van der Waals surface area contributed by atoms with Gasteiger partial charge >= 0.3 is 5.97 Å². The molecule has 5 heteroatoms. The summed E-state index contributed by atoms with van der Waals surface area (Å²) in [5, 5.41) is 2.64. The van der Waals surface area contributed by atoms with E-state index in [-0.39, 0.29) is 24.9 Å². The first-order chi connectivity index (χ1) is 9.11. The third kappa shape index (κ3) is 6.45. The summed E-state index contributed by atoms with van der Waals surface area (Å²) in [5.41, 5.74) is 7.33. The fourth-order valence-electron chi connectivity index (χ4n) is 1.61. The Balaban J connectivity index is 2.19. The highest BCUT2D eigenvalue weighted by molar-refractivity contribution is 5.76. The second-order valence-electron chi connectivity index (χ2n) is 4.17. The predicted molar refractivity (Wildman–Crippen MR) is 73.4 cm³/mol. The van der Waals surface area contributed by atoms with E-state index in [0.717, 1.165) is 5.56 Å². The number of rotatable bonds is 7. The van der Waals surface area contributed by atoms with E-state index in [9.17, 15) is 9.59 Å². The summed E-state index contributed by atoms with van der Waals surface area (Å²) in [5.74, 6) is -0.405. The van der Waals surface area contributed by atoms with E-state index in [2.05, 4.69) is 5.32 Å². The molecule has 1 amide bonds. The minimum atomic E-state index is -0.299. The van der Waals surface area contributed by atoms with Gasteiger partial charge in [-0.05, 0) is 31.0 Å². The van der Waals surface area contributed by atoms with Gasteiger partial charge in [0.15, 0.2) is 0 Å². The molecule has 19 heavy (non-hydrogen) atoms. The van der Waals surface area contributed by atoms with Crippen molar-refractivity contribution in [3.8, 4) is 0 Å². The highest BCUT2D eigenvalue weighted by atomic mass is 16.5. The average molecular weight is 264 g/mol. The third-order valence-corrected chi connectivity index (χ3v) is 2.53. The van der Waals surface area contributed by atoms with Crippen molar-refractivity contribution in [2.24, 2.45) is 0 Å². The molecule has 1 rings (SSSR count). The van der Waals surface area contributed by atoms with Crippen molar-refractivity contribution in [3.05, 3.63) is 29.8 Å². The van der Waals surface area contributed by atoms with Crippen molar-refractivity contribution in [2.75, 3.05) is 18.9 Å². The van der Waals surface area contributed by atoms with Crippen molar-refractivity contribution in [1.82, 2.24) is 5.32 Å².